The monoisotopic (exact) mass is 237 g/mol. The van der Waals surface area contributed by atoms with Gasteiger partial charge in [-0.05, 0) is 13.8 Å². The van der Waals surface area contributed by atoms with Crippen molar-refractivity contribution in [1.29, 1.82) is 0 Å². The van der Waals surface area contributed by atoms with Crippen LogP contribution in [0.5, 0.6) is 0 Å². The van der Waals surface area contributed by atoms with Crippen molar-refractivity contribution in [3.63, 3.8) is 0 Å². The van der Waals surface area contributed by atoms with E-state index in [1.807, 2.05) is 36.0 Å². The third kappa shape index (κ3) is 2.68. The number of hydrogen-bond donors (Lipinski definition) is 1. The van der Waals surface area contributed by atoms with Crippen LogP contribution in [0.3, 0.4) is 0 Å². The summed E-state index contributed by atoms with van der Waals surface area (Å²) < 4.78 is 1.93. The molecule has 0 saturated heterocycles. The van der Waals surface area contributed by atoms with Gasteiger partial charge in [0.2, 0.25) is 0 Å². The quantitative estimate of drug-likeness (QED) is 0.879. The van der Waals surface area contributed by atoms with E-state index >= 15 is 0 Å². The Morgan fingerprint density at radius 2 is 2.38 bits per heavy atom. The summed E-state index contributed by atoms with van der Waals surface area (Å²) in [4.78, 5) is 17.0. The highest BCUT2D eigenvalue weighted by molar-refractivity contribution is 7.15. The Bertz CT molecular complexity index is 478. The van der Waals surface area contributed by atoms with Crippen molar-refractivity contribution < 1.29 is 4.79 Å². The zero-order chi connectivity index (χ0) is 11.8. The van der Waals surface area contributed by atoms with Gasteiger partial charge in [-0.1, -0.05) is 0 Å². The predicted octanol–water partition coefficient (Wildman–Crippen LogP) is 1.63. The first-order valence-electron chi connectivity index (χ1n) is 5.16. The molecule has 86 valence electrons. The number of carbonyl (C=O) groups is 1. The van der Waals surface area contributed by atoms with E-state index in [0.29, 0.717) is 12.8 Å². The van der Waals surface area contributed by atoms with E-state index in [0.717, 1.165) is 10.7 Å². The number of carbonyl (C=O) groups excluding carboxylic acids is 1. The molecule has 0 amide bonds. The first-order chi connectivity index (χ1) is 7.44. The molecule has 0 saturated carbocycles. The van der Waals surface area contributed by atoms with Gasteiger partial charge in [0, 0.05) is 29.7 Å². The van der Waals surface area contributed by atoms with Crippen LogP contribution >= 0.6 is 11.3 Å². The summed E-state index contributed by atoms with van der Waals surface area (Å²) in [6.07, 6.45) is 4.59. The van der Waals surface area contributed by atoms with Gasteiger partial charge in [-0.25, -0.2) is 4.98 Å². The van der Waals surface area contributed by atoms with Crippen LogP contribution in [0.2, 0.25) is 0 Å². The minimum Gasteiger partial charge on any atom is -0.325 e. The van der Waals surface area contributed by atoms with Crippen LogP contribution in [0.1, 0.15) is 26.0 Å². The summed E-state index contributed by atoms with van der Waals surface area (Å²) in [6, 6.07) is 0. The number of nitrogens with zero attached hydrogens (tertiary/aromatic N) is 2. The first kappa shape index (κ1) is 11.3. The van der Waals surface area contributed by atoms with E-state index in [4.69, 9.17) is 5.73 Å². The third-order valence-electron chi connectivity index (χ3n) is 2.17. The first-order valence-corrected chi connectivity index (χ1v) is 6.04. The van der Waals surface area contributed by atoms with Crippen LogP contribution in [0.25, 0.3) is 4.96 Å². The molecule has 0 fully saturated rings. The number of rotatable bonds is 4. The SMILES string of the molecule is CC(C)(N)CC(=O)Cc1cn2ccsc2n1. The molecule has 2 aromatic rings. The molecule has 0 unspecified atom stereocenters. The Hall–Kier alpha value is -1.20. The molecule has 0 aliphatic rings. The molecule has 0 bridgehead atoms. The van der Waals surface area contributed by atoms with Crippen LogP contribution in [0.15, 0.2) is 17.8 Å². The summed E-state index contributed by atoms with van der Waals surface area (Å²) in [5, 5.41) is 1.97. The lowest BCUT2D eigenvalue weighted by atomic mass is 9.97. The lowest BCUT2D eigenvalue weighted by Gasteiger charge is -2.16. The molecule has 4 nitrogen and oxygen atoms in total. The van der Waals surface area contributed by atoms with E-state index in [9.17, 15) is 4.79 Å². The van der Waals surface area contributed by atoms with Crippen molar-refractivity contribution in [2.75, 3.05) is 0 Å². The highest BCUT2D eigenvalue weighted by atomic mass is 32.1. The topological polar surface area (TPSA) is 60.4 Å². The zero-order valence-corrected chi connectivity index (χ0v) is 10.3. The maximum absolute atomic E-state index is 11.7. The van der Waals surface area contributed by atoms with Crippen LogP contribution in [0, 0.1) is 0 Å². The van der Waals surface area contributed by atoms with Crippen molar-refractivity contribution in [3.05, 3.63) is 23.5 Å². The van der Waals surface area contributed by atoms with Gasteiger partial charge in [-0.3, -0.25) is 9.20 Å². The normalized spacial score (nSPS) is 12.2. The summed E-state index contributed by atoms with van der Waals surface area (Å²) in [6.45, 7) is 3.72. The average molecular weight is 237 g/mol. The number of ketones is 1. The minimum absolute atomic E-state index is 0.137. The number of aromatic nitrogens is 2. The molecule has 5 heteroatoms. The maximum atomic E-state index is 11.7. The number of fused-ring (bicyclic) bond motifs is 1. The standard InChI is InChI=1S/C11H15N3OS/c1-11(2,12)6-9(15)5-8-7-14-3-4-16-10(14)13-8/h3-4,7H,5-6,12H2,1-2H3. The molecule has 0 spiro atoms. The van der Waals surface area contributed by atoms with Gasteiger partial charge in [0.15, 0.2) is 4.96 Å². The van der Waals surface area contributed by atoms with Crippen molar-refractivity contribution in [1.82, 2.24) is 9.38 Å². The number of Topliss-reactive ketones (excluding diaryl/α,β-unsaturated/α-hetero) is 1. The van der Waals surface area contributed by atoms with Crippen LogP contribution in [-0.4, -0.2) is 20.7 Å². The molecule has 0 aliphatic carbocycles. The molecule has 16 heavy (non-hydrogen) atoms. The Balaban J connectivity index is 2.05. The van der Waals surface area contributed by atoms with Gasteiger partial charge in [0.25, 0.3) is 0 Å². The van der Waals surface area contributed by atoms with Gasteiger partial charge >= 0.3 is 0 Å². The van der Waals surface area contributed by atoms with Crippen LogP contribution in [-0.2, 0) is 11.2 Å². The predicted molar refractivity (Wildman–Crippen MR) is 64.7 cm³/mol. The van der Waals surface area contributed by atoms with Crippen molar-refractivity contribution >= 4 is 22.1 Å². The molecule has 2 aromatic heterocycles. The minimum atomic E-state index is -0.436. The summed E-state index contributed by atoms with van der Waals surface area (Å²) in [5.74, 6) is 0.137. The summed E-state index contributed by atoms with van der Waals surface area (Å²) in [5.41, 5.74) is 6.18. The molecule has 0 atom stereocenters. The number of nitrogens with two attached hydrogens (primary N) is 1. The number of thiazole rings is 1. The van der Waals surface area contributed by atoms with Gasteiger partial charge < -0.3 is 5.73 Å². The molecular weight excluding hydrogens is 222 g/mol. The van der Waals surface area contributed by atoms with E-state index in [-0.39, 0.29) is 5.78 Å². The number of imidazole rings is 1. The second-order valence-corrected chi connectivity index (χ2v) is 5.58. The van der Waals surface area contributed by atoms with Gasteiger partial charge in [-0.15, -0.1) is 11.3 Å². The van der Waals surface area contributed by atoms with Gasteiger partial charge in [0.05, 0.1) is 12.1 Å². The Morgan fingerprint density at radius 3 is 3.00 bits per heavy atom. The Labute approximate surface area is 98.1 Å². The average Bonchev–Trinajstić information content (AvgIpc) is 2.58. The van der Waals surface area contributed by atoms with Gasteiger partial charge in [-0.2, -0.15) is 0 Å². The van der Waals surface area contributed by atoms with Crippen molar-refractivity contribution in [2.24, 2.45) is 5.73 Å². The van der Waals surface area contributed by atoms with Crippen molar-refractivity contribution in [3.8, 4) is 0 Å². The Kier molecular flexibility index (Phi) is 2.82. The summed E-state index contributed by atoms with van der Waals surface area (Å²) >= 11 is 1.56. The van der Waals surface area contributed by atoms with Crippen LogP contribution < -0.4 is 5.73 Å². The smallest absolute Gasteiger partial charge is 0.193 e. The van der Waals surface area contributed by atoms with E-state index in [1.165, 1.54) is 0 Å². The molecule has 2 rings (SSSR count). The molecule has 0 aliphatic heterocycles. The van der Waals surface area contributed by atoms with Crippen molar-refractivity contribution in [2.45, 2.75) is 32.2 Å². The van der Waals surface area contributed by atoms with Crippen LogP contribution in [0.4, 0.5) is 0 Å². The van der Waals surface area contributed by atoms with Gasteiger partial charge in [0.1, 0.15) is 5.78 Å². The highest BCUT2D eigenvalue weighted by Gasteiger charge is 2.17. The fourth-order valence-corrected chi connectivity index (χ4v) is 2.35. The number of hydrogen-bond acceptors (Lipinski definition) is 4. The zero-order valence-electron chi connectivity index (χ0n) is 9.43. The molecule has 0 aromatic carbocycles. The van der Waals surface area contributed by atoms with E-state index < -0.39 is 5.54 Å². The fourth-order valence-electron chi connectivity index (χ4n) is 1.63. The highest BCUT2D eigenvalue weighted by Crippen LogP contribution is 2.13. The molecule has 0 radical (unpaired) electrons. The third-order valence-corrected chi connectivity index (χ3v) is 2.94. The molecule has 2 heterocycles. The molecular formula is C11H15N3OS. The second kappa shape index (κ2) is 3.99. The Morgan fingerprint density at radius 1 is 1.62 bits per heavy atom. The van der Waals surface area contributed by atoms with E-state index in [1.54, 1.807) is 11.3 Å². The van der Waals surface area contributed by atoms with E-state index in [2.05, 4.69) is 4.98 Å². The lowest BCUT2D eigenvalue weighted by Crippen LogP contribution is -2.35. The molecule has 2 N–H and O–H groups in total. The lowest BCUT2D eigenvalue weighted by molar-refractivity contribution is -0.119. The largest absolute Gasteiger partial charge is 0.325 e. The maximum Gasteiger partial charge on any atom is 0.193 e. The second-order valence-electron chi connectivity index (χ2n) is 4.71. The fraction of sp³-hybridized carbons (Fsp3) is 0.455. The summed E-state index contributed by atoms with van der Waals surface area (Å²) in [7, 11) is 0.